The van der Waals surface area contributed by atoms with Crippen molar-refractivity contribution in [3.8, 4) is 5.75 Å². The summed E-state index contributed by atoms with van der Waals surface area (Å²) >= 11 is 5.12. The van der Waals surface area contributed by atoms with E-state index < -0.39 is 22.3 Å². The lowest BCUT2D eigenvalue weighted by Gasteiger charge is -2.26. The number of amides is 1. The lowest BCUT2D eigenvalue weighted by Crippen LogP contribution is -2.41. The van der Waals surface area contributed by atoms with Crippen molar-refractivity contribution < 1.29 is 26.9 Å². The number of nitrogens with one attached hydrogen (secondary N) is 1. The van der Waals surface area contributed by atoms with Gasteiger partial charge >= 0.3 is 6.09 Å². The molecule has 3 aromatic rings. The smallest absolute Gasteiger partial charge is 0.407 e. The van der Waals surface area contributed by atoms with Crippen molar-refractivity contribution in [3.05, 3.63) is 112 Å². The molecule has 3 rings (SSSR count). The Labute approximate surface area is 268 Å². The number of benzene rings is 3. The van der Waals surface area contributed by atoms with Gasteiger partial charge in [0.25, 0.3) is 10.1 Å². The van der Waals surface area contributed by atoms with Crippen molar-refractivity contribution in [2.45, 2.75) is 57.3 Å². The lowest BCUT2D eigenvalue weighted by atomic mass is 9.99. The molecular weight excluding hydrogens is 650 g/mol. The Morgan fingerprint density at radius 1 is 0.953 bits per heavy atom. The van der Waals surface area contributed by atoms with E-state index in [-0.39, 0.29) is 23.9 Å². The fraction of sp³-hybridized carbons (Fsp3) is 0.364. The summed E-state index contributed by atoms with van der Waals surface area (Å²) in [4.78, 5) is 13.0. The molecule has 0 bridgehead atoms. The third kappa shape index (κ3) is 13.6. The number of halogens is 1. The van der Waals surface area contributed by atoms with Gasteiger partial charge in [-0.1, -0.05) is 91.3 Å². The normalized spacial score (nSPS) is 13.4. The highest BCUT2D eigenvalue weighted by Gasteiger charge is 2.24. The van der Waals surface area contributed by atoms with Crippen LogP contribution < -0.4 is 10.1 Å². The average molecular weight is 691 g/mol. The van der Waals surface area contributed by atoms with E-state index in [0.717, 1.165) is 38.7 Å². The van der Waals surface area contributed by atoms with Gasteiger partial charge in [0.05, 0.1) is 25.2 Å². The molecule has 0 aliphatic rings. The number of hydrogen-bond acceptors (Lipinski definition) is 7. The van der Waals surface area contributed by atoms with Crippen LogP contribution in [0.5, 0.6) is 5.75 Å². The Morgan fingerprint density at radius 2 is 1.60 bits per heavy atom. The molecule has 0 aliphatic carbocycles. The molecule has 1 N–H and O–H groups in total. The van der Waals surface area contributed by atoms with Crippen LogP contribution in [0.25, 0.3) is 0 Å². The largest absolute Gasteiger partial charge is 0.497 e. The molecule has 0 heterocycles. The van der Waals surface area contributed by atoms with Gasteiger partial charge in [0, 0.05) is 15.5 Å². The molecule has 0 aromatic heterocycles. The van der Waals surface area contributed by atoms with Crippen molar-refractivity contribution in [2.75, 3.05) is 13.7 Å². The van der Waals surface area contributed by atoms with E-state index >= 15 is 0 Å². The van der Waals surface area contributed by atoms with Crippen molar-refractivity contribution in [1.82, 2.24) is 5.32 Å². The molecule has 0 fully saturated rings. The second-order valence-corrected chi connectivity index (χ2v) is 14.9. The third-order valence-electron chi connectivity index (χ3n) is 6.26. The minimum Gasteiger partial charge on any atom is -0.497 e. The van der Waals surface area contributed by atoms with Gasteiger partial charge in [0.2, 0.25) is 0 Å². The summed E-state index contributed by atoms with van der Waals surface area (Å²) in [5.74, 6) is 1.41. The molecular formula is C33H40BrNO6S2. The second-order valence-electron chi connectivity index (χ2n) is 11.2. The second kappa shape index (κ2) is 16.9. The van der Waals surface area contributed by atoms with Gasteiger partial charge < -0.3 is 14.8 Å². The summed E-state index contributed by atoms with van der Waals surface area (Å²) in [6.45, 7) is 5.82. The van der Waals surface area contributed by atoms with Crippen LogP contribution >= 0.6 is 27.7 Å². The van der Waals surface area contributed by atoms with E-state index in [9.17, 15) is 13.2 Å². The number of ether oxygens (including phenoxy) is 2. The molecule has 0 spiro atoms. The zero-order valence-corrected chi connectivity index (χ0v) is 28.2. The lowest BCUT2D eigenvalue weighted by molar-refractivity contribution is 0.137. The summed E-state index contributed by atoms with van der Waals surface area (Å²) in [7, 11) is -2.36. The van der Waals surface area contributed by atoms with Gasteiger partial charge in [-0.2, -0.15) is 20.2 Å². The summed E-state index contributed by atoms with van der Waals surface area (Å²) in [5, 5.41) is 3.77. The molecule has 0 saturated carbocycles. The van der Waals surface area contributed by atoms with Gasteiger partial charge in [0.1, 0.15) is 12.4 Å². The number of aryl methyl sites for hydroxylation is 1. The van der Waals surface area contributed by atoms with Gasteiger partial charge in [-0.05, 0) is 65.3 Å². The first-order valence-corrected chi connectivity index (χ1v) is 17.3. The van der Waals surface area contributed by atoms with E-state index in [1.807, 2.05) is 99.6 Å². The highest BCUT2D eigenvalue weighted by Crippen LogP contribution is 2.27. The summed E-state index contributed by atoms with van der Waals surface area (Å²) < 4.78 is 42.6. The maximum absolute atomic E-state index is 13.0. The molecule has 0 aliphatic heterocycles. The Bertz CT molecular complexity index is 1410. The van der Waals surface area contributed by atoms with E-state index in [1.165, 1.54) is 6.08 Å². The SMILES string of the molecule is COc1ccc(CSC(CCc2ccc(Br)cc2)C(/C=C/S(=O)(=O)OCC(C)(C)C)NC(=O)OCc2ccccc2)cc1. The molecule has 10 heteroatoms. The van der Waals surface area contributed by atoms with E-state index in [4.69, 9.17) is 13.7 Å². The molecule has 7 nitrogen and oxygen atoms in total. The van der Waals surface area contributed by atoms with E-state index in [0.29, 0.717) is 12.2 Å². The zero-order chi connectivity index (χ0) is 31.3. The van der Waals surface area contributed by atoms with Crippen molar-refractivity contribution in [3.63, 3.8) is 0 Å². The zero-order valence-electron chi connectivity index (χ0n) is 25.0. The van der Waals surface area contributed by atoms with Gasteiger partial charge in [-0.25, -0.2) is 4.79 Å². The maximum atomic E-state index is 13.0. The first-order chi connectivity index (χ1) is 20.4. The summed E-state index contributed by atoms with van der Waals surface area (Å²) in [6, 6.07) is 24.6. The van der Waals surface area contributed by atoms with Crippen LogP contribution in [0.15, 0.2) is 94.8 Å². The van der Waals surface area contributed by atoms with Crippen molar-refractivity contribution >= 4 is 43.9 Å². The molecule has 2 unspecified atom stereocenters. The number of methoxy groups -OCH3 is 1. The molecule has 0 saturated heterocycles. The molecule has 232 valence electrons. The van der Waals surface area contributed by atoms with Gasteiger partial charge in [-0.3, -0.25) is 4.18 Å². The number of carbonyl (C=O) groups excluding carboxylic acids is 1. The van der Waals surface area contributed by atoms with E-state index in [2.05, 4.69) is 21.2 Å². The Hall–Kier alpha value is -2.79. The third-order valence-corrected chi connectivity index (χ3v) is 9.18. The van der Waals surface area contributed by atoms with Crippen LogP contribution in [0.1, 0.15) is 43.9 Å². The number of hydrogen-bond donors (Lipinski definition) is 1. The minimum absolute atomic E-state index is 0.0378. The summed E-state index contributed by atoms with van der Waals surface area (Å²) in [6.07, 6.45) is 2.26. The predicted molar refractivity (Wildman–Crippen MR) is 178 cm³/mol. The fourth-order valence-electron chi connectivity index (χ4n) is 3.90. The average Bonchev–Trinajstić information content (AvgIpc) is 2.99. The first-order valence-electron chi connectivity index (χ1n) is 14.0. The first kappa shape index (κ1) is 34.7. The van der Waals surface area contributed by atoms with Crippen LogP contribution in [-0.4, -0.2) is 39.5 Å². The highest BCUT2D eigenvalue weighted by atomic mass is 79.9. The van der Waals surface area contributed by atoms with Gasteiger partial charge in [0.15, 0.2) is 0 Å². The Kier molecular flexibility index (Phi) is 13.6. The topological polar surface area (TPSA) is 90.9 Å². The van der Waals surface area contributed by atoms with Crippen molar-refractivity contribution in [1.29, 1.82) is 0 Å². The van der Waals surface area contributed by atoms with Crippen LogP contribution in [0.2, 0.25) is 0 Å². The number of carbonyl (C=O) groups is 1. The minimum atomic E-state index is -3.98. The molecule has 0 radical (unpaired) electrons. The number of alkyl carbamates (subject to hydrolysis) is 1. The summed E-state index contributed by atoms with van der Waals surface area (Å²) in [5.41, 5.74) is 2.73. The monoisotopic (exact) mass is 689 g/mol. The molecule has 2 atom stereocenters. The molecule has 1 amide bonds. The van der Waals surface area contributed by atoms with Crippen LogP contribution in [0.4, 0.5) is 4.79 Å². The Balaban J connectivity index is 1.84. The Morgan fingerprint density at radius 3 is 2.23 bits per heavy atom. The number of rotatable bonds is 15. The van der Waals surface area contributed by atoms with Crippen LogP contribution in [-0.2, 0) is 37.8 Å². The van der Waals surface area contributed by atoms with E-state index in [1.54, 1.807) is 18.9 Å². The quantitative estimate of drug-likeness (QED) is 0.162. The van der Waals surface area contributed by atoms with Crippen LogP contribution in [0, 0.1) is 5.41 Å². The standard InChI is InChI=1S/C33H40BrNO6S2/c1-33(2,3)24-41-43(37,38)21-20-30(35-32(36)40-22-26-8-6-5-7-9-26)31(19-14-25-10-15-28(34)16-11-25)42-23-27-12-17-29(39-4)18-13-27/h5-13,15-18,20-21,30-31H,14,19,22-24H2,1-4H3,(H,35,36)/b21-20+. The molecule has 3 aromatic carbocycles. The number of thioether (sulfide) groups is 1. The predicted octanol–water partition coefficient (Wildman–Crippen LogP) is 7.89. The highest BCUT2D eigenvalue weighted by molar-refractivity contribution is 9.10. The van der Waals surface area contributed by atoms with Gasteiger partial charge in [-0.15, -0.1) is 0 Å². The fourth-order valence-corrected chi connectivity index (χ4v) is 6.37. The molecule has 43 heavy (non-hydrogen) atoms. The van der Waals surface area contributed by atoms with Crippen LogP contribution in [0.3, 0.4) is 0 Å². The maximum Gasteiger partial charge on any atom is 0.407 e. The van der Waals surface area contributed by atoms with Crippen molar-refractivity contribution in [2.24, 2.45) is 5.41 Å².